The minimum absolute atomic E-state index is 0.130. The van der Waals surface area contributed by atoms with Gasteiger partial charge in [0.2, 0.25) is 0 Å². The molecule has 0 N–H and O–H groups in total. The van der Waals surface area contributed by atoms with Gasteiger partial charge in [-0.2, -0.15) is 0 Å². The van der Waals surface area contributed by atoms with Crippen LogP contribution in [0.25, 0.3) is 0 Å². The van der Waals surface area contributed by atoms with E-state index in [1.54, 1.807) is 6.07 Å². The molecule has 1 aromatic rings. The highest BCUT2D eigenvalue weighted by molar-refractivity contribution is 5.48. The van der Waals surface area contributed by atoms with Gasteiger partial charge in [0.05, 0.1) is 5.69 Å². The van der Waals surface area contributed by atoms with Gasteiger partial charge in [0.25, 0.3) is 0 Å². The number of hydrogen-bond donors (Lipinski definition) is 0. The molecule has 1 aliphatic rings. The van der Waals surface area contributed by atoms with Crippen LogP contribution in [0, 0.1) is 5.82 Å². The lowest BCUT2D eigenvalue weighted by Gasteiger charge is -2.26. The van der Waals surface area contributed by atoms with Gasteiger partial charge >= 0.3 is 0 Å². The summed E-state index contributed by atoms with van der Waals surface area (Å²) in [6.07, 6.45) is 1.11. The van der Waals surface area contributed by atoms with Crippen molar-refractivity contribution in [2.45, 2.75) is 12.5 Å². The molecule has 3 heteroatoms. The zero-order chi connectivity index (χ0) is 10.8. The number of para-hydroxylation sites is 1. The fourth-order valence-electron chi connectivity index (χ4n) is 2.16. The molecule has 1 unspecified atom stereocenters. The van der Waals surface area contributed by atoms with Gasteiger partial charge < -0.3 is 9.80 Å². The third-order valence-corrected chi connectivity index (χ3v) is 3.15. The first-order valence-corrected chi connectivity index (χ1v) is 5.34. The van der Waals surface area contributed by atoms with Crippen LogP contribution in [-0.2, 0) is 0 Å². The quantitative estimate of drug-likeness (QED) is 0.733. The smallest absolute Gasteiger partial charge is 0.146 e. The summed E-state index contributed by atoms with van der Waals surface area (Å²) in [5.41, 5.74) is 0.706. The maximum Gasteiger partial charge on any atom is 0.146 e. The minimum atomic E-state index is -0.130. The van der Waals surface area contributed by atoms with E-state index in [0.717, 1.165) is 19.5 Å². The number of halogens is 1. The molecule has 82 valence electrons. The van der Waals surface area contributed by atoms with Crippen molar-refractivity contribution in [3.8, 4) is 0 Å². The lowest BCUT2D eigenvalue weighted by Crippen LogP contribution is -2.34. The summed E-state index contributed by atoms with van der Waals surface area (Å²) in [5, 5.41) is 0. The van der Waals surface area contributed by atoms with Gasteiger partial charge in [-0.25, -0.2) is 4.39 Å². The molecule has 0 saturated carbocycles. The van der Waals surface area contributed by atoms with Gasteiger partial charge in [0, 0.05) is 19.6 Å². The molecular weight excluding hydrogens is 191 g/mol. The third kappa shape index (κ3) is 2.12. The SMILES string of the molecule is CN1CCC(N(C)c2ccccc2F)C1. The number of likely N-dealkylation sites (N-methyl/N-ethyl adjacent to an activating group) is 2. The lowest BCUT2D eigenvalue weighted by atomic mass is 10.2. The molecule has 1 aromatic carbocycles. The number of nitrogens with zero attached hydrogens (tertiary/aromatic N) is 2. The Morgan fingerprint density at radius 1 is 1.40 bits per heavy atom. The Morgan fingerprint density at radius 3 is 2.73 bits per heavy atom. The summed E-state index contributed by atoms with van der Waals surface area (Å²) in [6.45, 7) is 2.12. The van der Waals surface area contributed by atoms with Crippen molar-refractivity contribution in [2.75, 3.05) is 32.1 Å². The number of rotatable bonds is 2. The molecule has 15 heavy (non-hydrogen) atoms. The number of benzene rings is 1. The van der Waals surface area contributed by atoms with E-state index in [9.17, 15) is 4.39 Å². The molecule has 2 nitrogen and oxygen atoms in total. The molecule has 0 spiro atoms. The van der Waals surface area contributed by atoms with E-state index in [2.05, 4.69) is 16.8 Å². The molecule has 0 bridgehead atoms. The van der Waals surface area contributed by atoms with Gasteiger partial charge in [-0.1, -0.05) is 12.1 Å². The van der Waals surface area contributed by atoms with Crippen LogP contribution in [-0.4, -0.2) is 38.1 Å². The second kappa shape index (κ2) is 4.19. The highest BCUT2D eigenvalue weighted by Gasteiger charge is 2.24. The first-order chi connectivity index (χ1) is 7.18. The molecule has 1 saturated heterocycles. The van der Waals surface area contributed by atoms with E-state index in [-0.39, 0.29) is 5.82 Å². The van der Waals surface area contributed by atoms with Crippen molar-refractivity contribution >= 4 is 5.69 Å². The molecule has 0 aliphatic carbocycles. The van der Waals surface area contributed by atoms with Crippen LogP contribution in [0.2, 0.25) is 0 Å². The summed E-state index contributed by atoms with van der Waals surface area (Å²) < 4.78 is 13.5. The van der Waals surface area contributed by atoms with Gasteiger partial charge in [-0.05, 0) is 32.1 Å². The van der Waals surface area contributed by atoms with Crippen LogP contribution in [0.5, 0.6) is 0 Å². The van der Waals surface area contributed by atoms with E-state index in [4.69, 9.17) is 0 Å². The van der Waals surface area contributed by atoms with Crippen LogP contribution >= 0.6 is 0 Å². The first kappa shape index (κ1) is 10.4. The number of hydrogen-bond acceptors (Lipinski definition) is 2. The lowest BCUT2D eigenvalue weighted by molar-refractivity contribution is 0.409. The Balaban J connectivity index is 2.14. The summed E-state index contributed by atoms with van der Waals surface area (Å²) in [4.78, 5) is 4.33. The highest BCUT2D eigenvalue weighted by atomic mass is 19.1. The van der Waals surface area contributed by atoms with Crippen molar-refractivity contribution in [3.05, 3.63) is 30.1 Å². The summed E-state index contributed by atoms with van der Waals surface area (Å²) in [7, 11) is 4.08. The van der Waals surface area contributed by atoms with Crippen LogP contribution in [0.1, 0.15) is 6.42 Å². The Hall–Kier alpha value is -1.09. The molecule has 1 atom stereocenters. The average molecular weight is 208 g/mol. The largest absolute Gasteiger partial charge is 0.368 e. The van der Waals surface area contributed by atoms with E-state index < -0.39 is 0 Å². The van der Waals surface area contributed by atoms with Crippen molar-refractivity contribution in [3.63, 3.8) is 0 Å². The van der Waals surface area contributed by atoms with Crippen molar-refractivity contribution in [1.82, 2.24) is 4.90 Å². The Morgan fingerprint density at radius 2 is 2.13 bits per heavy atom. The van der Waals surface area contributed by atoms with Gasteiger partial charge in [-0.3, -0.25) is 0 Å². The van der Waals surface area contributed by atoms with Crippen LogP contribution in [0.15, 0.2) is 24.3 Å². The fraction of sp³-hybridized carbons (Fsp3) is 0.500. The second-order valence-electron chi connectivity index (χ2n) is 4.27. The van der Waals surface area contributed by atoms with E-state index >= 15 is 0 Å². The van der Waals surface area contributed by atoms with Gasteiger partial charge in [-0.15, -0.1) is 0 Å². The average Bonchev–Trinajstić information content (AvgIpc) is 2.65. The predicted molar refractivity (Wildman–Crippen MR) is 60.7 cm³/mol. The molecule has 1 heterocycles. The maximum atomic E-state index is 13.5. The molecule has 0 radical (unpaired) electrons. The monoisotopic (exact) mass is 208 g/mol. The van der Waals surface area contributed by atoms with Crippen LogP contribution in [0.4, 0.5) is 10.1 Å². The van der Waals surface area contributed by atoms with Crippen molar-refractivity contribution < 1.29 is 4.39 Å². The standard InChI is InChI=1S/C12H17FN2/c1-14-8-7-10(9-14)15(2)12-6-4-3-5-11(12)13/h3-6,10H,7-9H2,1-2H3. The van der Waals surface area contributed by atoms with E-state index in [1.807, 2.05) is 19.2 Å². The van der Waals surface area contributed by atoms with Crippen LogP contribution < -0.4 is 4.90 Å². The molecule has 1 aliphatic heterocycles. The number of likely N-dealkylation sites (tertiary alicyclic amines) is 1. The minimum Gasteiger partial charge on any atom is -0.368 e. The molecule has 1 fully saturated rings. The zero-order valence-corrected chi connectivity index (χ0v) is 9.28. The summed E-state index contributed by atoms with van der Waals surface area (Å²) in [5.74, 6) is -0.130. The molecule has 0 aromatic heterocycles. The van der Waals surface area contributed by atoms with Crippen molar-refractivity contribution in [1.29, 1.82) is 0 Å². The normalized spacial score (nSPS) is 21.9. The molecule has 0 amide bonds. The molecular formula is C12H17FN2. The second-order valence-corrected chi connectivity index (χ2v) is 4.27. The van der Waals surface area contributed by atoms with Crippen molar-refractivity contribution in [2.24, 2.45) is 0 Å². The van der Waals surface area contributed by atoms with E-state index in [0.29, 0.717) is 11.7 Å². The summed E-state index contributed by atoms with van der Waals surface area (Å²) in [6, 6.07) is 7.41. The number of anilines is 1. The topological polar surface area (TPSA) is 6.48 Å². The highest BCUT2D eigenvalue weighted by Crippen LogP contribution is 2.23. The maximum absolute atomic E-state index is 13.5. The Kier molecular flexibility index (Phi) is 2.91. The van der Waals surface area contributed by atoms with Gasteiger partial charge in [0.15, 0.2) is 0 Å². The summed E-state index contributed by atoms with van der Waals surface area (Å²) >= 11 is 0. The van der Waals surface area contributed by atoms with E-state index in [1.165, 1.54) is 6.07 Å². The zero-order valence-electron chi connectivity index (χ0n) is 9.28. The van der Waals surface area contributed by atoms with Gasteiger partial charge in [0.1, 0.15) is 5.82 Å². The molecule has 2 rings (SSSR count). The predicted octanol–water partition coefficient (Wildman–Crippen LogP) is 1.97. The fourth-order valence-corrected chi connectivity index (χ4v) is 2.16. The third-order valence-electron chi connectivity index (χ3n) is 3.15. The van der Waals surface area contributed by atoms with Crippen LogP contribution in [0.3, 0.4) is 0 Å². The Bertz CT molecular complexity index is 340. The first-order valence-electron chi connectivity index (χ1n) is 5.34. The Labute approximate surface area is 90.3 Å².